The molecule has 0 saturated heterocycles. The molecule has 2 aromatic carbocycles. The maximum Gasteiger partial charge on any atom is 0.259 e. The molecule has 4 nitrogen and oxygen atoms in total. The maximum atomic E-state index is 12.3. The number of carbonyl (C=O) groups excluding carboxylic acids is 1. The first kappa shape index (κ1) is 16.1. The SMILES string of the molecule is C=CCOc1ccc(NC(=O)c2cc(Br)ccc2OC)cc1. The zero-order chi connectivity index (χ0) is 15.9. The zero-order valence-electron chi connectivity index (χ0n) is 12.1. The second kappa shape index (κ2) is 7.66. The number of rotatable bonds is 6. The lowest BCUT2D eigenvalue weighted by Crippen LogP contribution is -2.13. The van der Waals surface area contributed by atoms with Crippen LogP contribution in [-0.4, -0.2) is 19.6 Å². The van der Waals surface area contributed by atoms with Crippen LogP contribution in [0, 0.1) is 0 Å². The Balaban J connectivity index is 2.11. The first-order chi connectivity index (χ1) is 10.6. The van der Waals surface area contributed by atoms with E-state index in [2.05, 4.69) is 27.8 Å². The van der Waals surface area contributed by atoms with Gasteiger partial charge in [0.05, 0.1) is 12.7 Å². The van der Waals surface area contributed by atoms with E-state index >= 15 is 0 Å². The summed E-state index contributed by atoms with van der Waals surface area (Å²) in [6, 6.07) is 12.4. The van der Waals surface area contributed by atoms with Gasteiger partial charge >= 0.3 is 0 Å². The van der Waals surface area contributed by atoms with E-state index in [0.717, 1.165) is 10.2 Å². The molecule has 114 valence electrons. The molecule has 5 heteroatoms. The zero-order valence-corrected chi connectivity index (χ0v) is 13.7. The third-order valence-corrected chi connectivity index (χ3v) is 3.38. The van der Waals surface area contributed by atoms with Gasteiger partial charge in [-0.3, -0.25) is 4.79 Å². The Bertz CT molecular complexity index is 668. The molecule has 0 aliphatic carbocycles. The summed E-state index contributed by atoms with van der Waals surface area (Å²) in [4.78, 5) is 12.3. The number of halogens is 1. The molecule has 0 fully saturated rings. The van der Waals surface area contributed by atoms with Crippen LogP contribution in [-0.2, 0) is 0 Å². The van der Waals surface area contributed by atoms with Crippen LogP contribution in [0.15, 0.2) is 59.6 Å². The Morgan fingerprint density at radius 1 is 1.27 bits per heavy atom. The number of methoxy groups -OCH3 is 1. The summed E-state index contributed by atoms with van der Waals surface area (Å²) in [7, 11) is 1.53. The first-order valence-electron chi connectivity index (χ1n) is 6.62. The molecule has 1 N–H and O–H groups in total. The van der Waals surface area contributed by atoms with Crippen molar-refractivity contribution in [3.63, 3.8) is 0 Å². The van der Waals surface area contributed by atoms with E-state index in [9.17, 15) is 4.79 Å². The molecule has 2 aromatic rings. The molecule has 0 atom stereocenters. The first-order valence-corrected chi connectivity index (χ1v) is 7.42. The number of nitrogens with one attached hydrogen (secondary N) is 1. The Hall–Kier alpha value is -2.27. The number of hydrogen-bond acceptors (Lipinski definition) is 3. The minimum Gasteiger partial charge on any atom is -0.496 e. The predicted molar refractivity (Wildman–Crippen MR) is 90.8 cm³/mol. The summed E-state index contributed by atoms with van der Waals surface area (Å²) in [6.07, 6.45) is 1.68. The van der Waals surface area contributed by atoms with Crippen molar-refractivity contribution in [2.24, 2.45) is 0 Å². The van der Waals surface area contributed by atoms with E-state index in [1.54, 1.807) is 42.5 Å². The van der Waals surface area contributed by atoms with E-state index in [0.29, 0.717) is 23.6 Å². The van der Waals surface area contributed by atoms with Gasteiger partial charge in [0.25, 0.3) is 5.91 Å². The van der Waals surface area contributed by atoms with Crippen molar-refractivity contribution in [3.05, 3.63) is 65.2 Å². The number of anilines is 1. The van der Waals surface area contributed by atoms with Crippen LogP contribution in [0.25, 0.3) is 0 Å². The summed E-state index contributed by atoms with van der Waals surface area (Å²) in [6.45, 7) is 4.04. The lowest BCUT2D eigenvalue weighted by Gasteiger charge is -2.10. The summed E-state index contributed by atoms with van der Waals surface area (Å²) >= 11 is 3.35. The van der Waals surface area contributed by atoms with Gasteiger partial charge in [-0.1, -0.05) is 28.6 Å². The van der Waals surface area contributed by atoms with Crippen LogP contribution in [0.2, 0.25) is 0 Å². The Morgan fingerprint density at radius 2 is 2.00 bits per heavy atom. The molecule has 1 amide bonds. The van der Waals surface area contributed by atoms with Gasteiger partial charge in [-0.05, 0) is 42.5 Å². The number of carbonyl (C=O) groups is 1. The fraction of sp³-hybridized carbons (Fsp3) is 0.118. The van der Waals surface area contributed by atoms with Gasteiger partial charge in [-0.15, -0.1) is 0 Å². The minimum atomic E-state index is -0.238. The number of hydrogen-bond donors (Lipinski definition) is 1. The molecule has 0 spiro atoms. The average Bonchev–Trinajstić information content (AvgIpc) is 2.54. The minimum absolute atomic E-state index is 0.238. The van der Waals surface area contributed by atoms with Gasteiger partial charge in [0, 0.05) is 10.2 Å². The van der Waals surface area contributed by atoms with Crippen LogP contribution in [0.4, 0.5) is 5.69 Å². The van der Waals surface area contributed by atoms with E-state index in [1.165, 1.54) is 7.11 Å². The highest BCUT2D eigenvalue weighted by Gasteiger charge is 2.13. The van der Waals surface area contributed by atoms with Crippen molar-refractivity contribution in [2.75, 3.05) is 19.0 Å². The van der Waals surface area contributed by atoms with Crippen molar-refractivity contribution in [1.82, 2.24) is 0 Å². The second-order valence-electron chi connectivity index (χ2n) is 4.42. The summed E-state index contributed by atoms with van der Waals surface area (Å²) in [5.74, 6) is 1.00. The predicted octanol–water partition coefficient (Wildman–Crippen LogP) is 4.27. The standard InChI is InChI=1S/C17H16BrNO3/c1-3-10-22-14-7-5-13(6-8-14)19-17(20)15-11-12(18)4-9-16(15)21-2/h3-9,11H,1,10H2,2H3,(H,19,20). The topological polar surface area (TPSA) is 47.6 Å². The summed E-state index contributed by atoms with van der Waals surface area (Å²) < 4.78 is 11.4. The lowest BCUT2D eigenvalue weighted by atomic mass is 10.2. The van der Waals surface area contributed by atoms with Crippen molar-refractivity contribution in [3.8, 4) is 11.5 Å². The van der Waals surface area contributed by atoms with E-state index in [-0.39, 0.29) is 5.91 Å². The fourth-order valence-corrected chi connectivity index (χ4v) is 2.21. The van der Waals surface area contributed by atoms with Crippen LogP contribution in [0.5, 0.6) is 11.5 Å². The highest BCUT2D eigenvalue weighted by Crippen LogP contribution is 2.24. The molecule has 0 aromatic heterocycles. The van der Waals surface area contributed by atoms with Crippen molar-refractivity contribution >= 4 is 27.5 Å². The summed E-state index contributed by atoms with van der Waals surface area (Å²) in [5.41, 5.74) is 1.14. The normalized spacial score (nSPS) is 9.91. The molecule has 2 rings (SSSR count). The Kier molecular flexibility index (Phi) is 5.61. The second-order valence-corrected chi connectivity index (χ2v) is 5.34. The molecule has 0 aliphatic rings. The number of benzene rings is 2. The van der Waals surface area contributed by atoms with Crippen LogP contribution in [0.3, 0.4) is 0 Å². The van der Waals surface area contributed by atoms with E-state index in [1.807, 2.05) is 6.07 Å². The van der Waals surface area contributed by atoms with Crippen LogP contribution >= 0.6 is 15.9 Å². The quantitative estimate of drug-likeness (QED) is 0.781. The smallest absolute Gasteiger partial charge is 0.259 e. The third-order valence-electron chi connectivity index (χ3n) is 2.89. The summed E-state index contributed by atoms with van der Waals surface area (Å²) in [5, 5.41) is 2.83. The van der Waals surface area contributed by atoms with Gasteiger partial charge in [0.1, 0.15) is 18.1 Å². The van der Waals surface area contributed by atoms with Gasteiger partial charge in [-0.2, -0.15) is 0 Å². The number of amides is 1. The molecule has 0 unspecified atom stereocenters. The maximum absolute atomic E-state index is 12.3. The average molecular weight is 362 g/mol. The van der Waals surface area contributed by atoms with Gasteiger partial charge in [-0.25, -0.2) is 0 Å². The molecule has 22 heavy (non-hydrogen) atoms. The molecular weight excluding hydrogens is 346 g/mol. The fourth-order valence-electron chi connectivity index (χ4n) is 1.85. The molecule has 0 saturated carbocycles. The van der Waals surface area contributed by atoms with Gasteiger partial charge < -0.3 is 14.8 Å². The van der Waals surface area contributed by atoms with Crippen molar-refractivity contribution in [2.45, 2.75) is 0 Å². The van der Waals surface area contributed by atoms with Crippen molar-refractivity contribution < 1.29 is 14.3 Å². The molecular formula is C17H16BrNO3. The third kappa shape index (κ3) is 4.11. The molecule has 0 aliphatic heterocycles. The van der Waals surface area contributed by atoms with Crippen LogP contribution in [0.1, 0.15) is 10.4 Å². The monoisotopic (exact) mass is 361 g/mol. The van der Waals surface area contributed by atoms with E-state index < -0.39 is 0 Å². The van der Waals surface area contributed by atoms with Gasteiger partial charge in [0.15, 0.2) is 0 Å². The molecule has 0 radical (unpaired) electrons. The highest BCUT2D eigenvalue weighted by atomic mass is 79.9. The largest absolute Gasteiger partial charge is 0.496 e. The Morgan fingerprint density at radius 3 is 2.64 bits per heavy atom. The van der Waals surface area contributed by atoms with Crippen LogP contribution < -0.4 is 14.8 Å². The number of ether oxygens (including phenoxy) is 2. The highest BCUT2D eigenvalue weighted by molar-refractivity contribution is 9.10. The lowest BCUT2D eigenvalue weighted by molar-refractivity contribution is 0.102. The molecule has 0 bridgehead atoms. The Labute approximate surface area is 137 Å². The van der Waals surface area contributed by atoms with Crippen molar-refractivity contribution in [1.29, 1.82) is 0 Å². The molecule has 0 heterocycles. The van der Waals surface area contributed by atoms with E-state index in [4.69, 9.17) is 9.47 Å². The van der Waals surface area contributed by atoms with Gasteiger partial charge in [0.2, 0.25) is 0 Å².